The molecule has 1 aliphatic carbocycles. The summed E-state index contributed by atoms with van der Waals surface area (Å²) in [5.41, 5.74) is 3.71. The largest absolute Gasteiger partial charge is 0.456 e. The normalized spacial score (nSPS) is 16.1. The van der Waals surface area contributed by atoms with Gasteiger partial charge in [0.25, 0.3) is 5.56 Å². The zero-order valence-electron chi connectivity index (χ0n) is 22.9. The van der Waals surface area contributed by atoms with Gasteiger partial charge in [-0.15, -0.1) is 0 Å². The van der Waals surface area contributed by atoms with Crippen LogP contribution >= 0.6 is 15.9 Å². The van der Waals surface area contributed by atoms with E-state index in [0.717, 1.165) is 37.5 Å². The minimum absolute atomic E-state index is 0.0500. The topological polar surface area (TPSA) is 51.5 Å². The number of benzene rings is 1. The molecule has 0 unspecified atom stereocenters. The van der Waals surface area contributed by atoms with E-state index in [9.17, 15) is 9.59 Å². The van der Waals surface area contributed by atoms with Crippen molar-refractivity contribution in [2.45, 2.75) is 98.3 Å². The Hall–Kier alpha value is -1.92. The smallest absolute Gasteiger partial charge is 0.338 e. The molecule has 0 bridgehead atoms. The molecular formula is C30H43BrN2O3. The molecule has 6 heteroatoms. The molecule has 2 fully saturated rings. The first-order chi connectivity index (χ1) is 16.9. The monoisotopic (exact) mass is 558 g/mol. The summed E-state index contributed by atoms with van der Waals surface area (Å²) in [6, 6.07) is 9.62. The van der Waals surface area contributed by atoms with E-state index in [1.54, 1.807) is 0 Å². The standard InChI is InChI=1S/C26H33BrN2O3.C4H10/c1-26(2,3)32-25(31)20-8-6-18(7-9-20)12-15-29-23(17-28-13-4-5-14-28)21(19-10-11-19)16-22(27)24(29)30;1-4(2)3/h6-9,16,19H,4-5,10-15,17H2,1-3H3;4H,1-3H3. The Morgan fingerprint density at radius 1 is 1.08 bits per heavy atom. The van der Waals surface area contributed by atoms with E-state index >= 15 is 0 Å². The highest BCUT2D eigenvalue weighted by atomic mass is 79.9. The maximum Gasteiger partial charge on any atom is 0.338 e. The number of aryl methyl sites for hydroxylation is 1. The number of hydrogen-bond acceptors (Lipinski definition) is 4. The Balaban J connectivity index is 0.000000840. The van der Waals surface area contributed by atoms with E-state index in [2.05, 4.69) is 47.7 Å². The summed E-state index contributed by atoms with van der Waals surface area (Å²) >= 11 is 3.52. The molecule has 198 valence electrons. The Morgan fingerprint density at radius 2 is 1.67 bits per heavy atom. The predicted molar refractivity (Wildman–Crippen MR) is 151 cm³/mol. The summed E-state index contributed by atoms with van der Waals surface area (Å²) in [5.74, 6) is 1.11. The van der Waals surface area contributed by atoms with Crippen LogP contribution in [-0.2, 0) is 24.2 Å². The van der Waals surface area contributed by atoms with Crippen LogP contribution in [0.5, 0.6) is 0 Å². The molecule has 2 aromatic rings. The van der Waals surface area contributed by atoms with Crippen molar-refractivity contribution >= 4 is 21.9 Å². The number of carbonyl (C=O) groups excluding carboxylic acids is 1. The van der Waals surface area contributed by atoms with E-state index in [0.29, 0.717) is 22.5 Å². The summed E-state index contributed by atoms with van der Waals surface area (Å²) in [6.45, 7) is 15.8. The van der Waals surface area contributed by atoms with E-state index in [4.69, 9.17) is 4.74 Å². The molecule has 1 saturated heterocycles. The molecule has 2 heterocycles. The molecule has 1 aromatic carbocycles. The third-order valence-corrected chi connectivity index (χ3v) is 6.76. The number of halogens is 1. The molecule has 1 saturated carbocycles. The van der Waals surface area contributed by atoms with Crippen molar-refractivity contribution in [3.8, 4) is 0 Å². The fourth-order valence-electron chi connectivity index (χ4n) is 4.39. The van der Waals surface area contributed by atoms with Crippen LogP contribution in [0.15, 0.2) is 39.6 Å². The zero-order chi connectivity index (χ0) is 26.5. The van der Waals surface area contributed by atoms with Gasteiger partial charge in [0, 0.05) is 18.8 Å². The van der Waals surface area contributed by atoms with Gasteiger partial charge in [-0.2, -0.15) is 0 Å². The first kappa shape index (κ1) is 28.6. The number of rotatable bonds is 7. The van der Waals surface area contributed by atoms with Crippen molar-refractivity contribution in [1.82, 2.24) is 9.47 Å². The van der Waals surface area contributed by atoms with Crippen molar-refractivity contribution in [3.05, 3.63) is 67.5 Å². The Labute approximate surface area is 225 Å². The highest BCUT2D eigenvalue weighted by molar-refractivity contribution is 9.10. The minimum atomic E-state index is -0.511. The molecule has 1 aromatic heterocycles. The third-order valence-electron chi connectivity index (χ3n) is 6.19. The Morgan fingerprint density at radius 3 is 2.19 bits per heavy atom. The quantitative estimate of drug-likeness (QED) is 0.345. The molecule has 4 rings (SSSR count). The van der Waals surface area contributed by atoms with Gasteiger partial charge in [0.2, 0.25) is 0 Å². The second kappa shape index (κ2) is 12.6. The number of hydrogen-bond donors (Lipinski definition) is 0. The van der Waals surface area contributed by atoms with Crippen molar-refractivity contribution in [1.29, 1.82) is 0 Å². The fourth-order valence-corrected chi connectivity index (χ4v) is 4.85. The summed E-state index contributed by atoms with van der Waals surface area (Å²) in [7, 11) is 0. The molecule has 0 spiro atoms. The summed E-state index contributed by atoms with van der Waals surface area (Å²) in [4.78, 5) is 27.8. The number of ether oxygens (including phenoxy) is 1. The highest BCUT2D eigenvalue weighted by Gasteiger charge is 2.30. The third kappa shape index (κ3) is 8.58. The van der Waals surface area contributed by atoms with Gasteiger partial charge in [-0.3, -0.25) is 9.69 Å². The molecule has 0 N–H and O–H groups in total. The second-order valence-corrected chi connectivity index (χ2v) is 12.6. The maximum absolute atomic E-state index is 13.1. The van der Waals surface area contributed by atoms with Crippen LogP contribution < -0.4 is 5.56 Å². The van der Waals surface area contributed by atoms with Crippen LogP contribution in [0.2, 0.25) is 0 Å². The van der Waals surface area contributed by atoms with Gasteiger partial charge in [0.05, 0.1) is 10.0 Å². The van der Waals surface area contributed by atoms with Crippen LogP contribution in [0.1, 0.15) is 100 Å². The van der Waals surface area contributed by atoms with Crippen LogP contribution in [0.3, 0.4) is 0 Å². The second-order valence-electron chi connectivity index (χ2n) is 11.8. The lowest BCUT2D eigenvalue weighted by molar-refractivity contribution is 0.00695. The van der Waals surface area contributed by atoms with E-state index in [-0.39, 0.29) is 11.5 Å². The molecule has 0 radical (unpaired) electrons. The van der Waals surface area contributed by atoms with E-state index in [1.807, 2.05) is 49.6 Å². The minimum Gasteiger partial charge on any atom is -0.456 e. The number of nitrogens with zero attached hydrogens (tertiary/aromatic N) is 2. The van der Waals surface area contributed by atoms with Crippen LogP contribution in [0.4, 0.5) is 0 Å². The fraction of sp³-hybridized carbons (Fsp3) is 0.600. The average Bonchev–Trinajstić information content (AvgIpc) is 3.50. The van der Waals surface area contributed by atoms with Crippen molar-refractivity contribution in [2.24, 2.45) is 5.92 Å². The van der Waals surface area contributed by atoms with Crippen LogP contribution in [0.25, 0.3) is 0 Å². The highest BCUT2D eigenvalue weighted by Crippen LogP contribution is 2.42. The summed E-state index contributed by atoms with van der Waals surface area (Å²) in [6.07, 6.45) is 5.64. The number of esters is 1. The van der Waals surface area contributed by atoms with Crippen molar-refractivity contribution in [2.75, 3.05) is 13.1 Å². The maximum atomic E-state index is 13.1. The lowest BCUT2D eigenvalue weighted by atomic mass is 10.1. The van der Waals surface area contributed by atoms with Gasteiger partial charge >= 0.3 is 5.97 Å². The molecular weight excluding hydrogens is 516 g/mol. The van der Waals surface area contributed by atoms with Gasteiger partial charge in [0.15, 0.2) is 0 Å². The number of pyridine rings is 1. The lowest BCUT2D eigenvalue weighted by Gasteiger charge is -2.23. The zero-order valence-corrected chi connectivity index (χ0v) is 24.5. The van der Waals surface area contributed by atoms with E-state index in [1.165, 1.54) is 36.9 Å². The first-order valence-corrected chi connectivity index (χ1v) is 14.2. The Kier molecular flexibility index (Phi) is 9.99. The first-order valence-electron chi connectivity index (χ1n) is 13.4. The SMILES string of the molecule is CC(C)(C)OC(=O)c1ccc(CCn2c(CN3CCCC3)c(C3CC3)cc(Br)c2=O)cc1.CC(C)C. The van der Waals surface area contributed by atoms with Crippen molar-refractivity contribution < 1.29 is 9.53 Å². The molecule has 0 amide bonds. The van der Waals surface area contributed by atoms with Crippen LogP contribution in [0, 0.1) is 5.92 Å². The van der Waals surface area contributed by atoms with Gasteiger partial charge in [0.1, 0.15) is 5.60 Å². The number of carbonyl (C=O) groups is 1. The van der Waals surface area contributed by atoms with E-state index < -0.39 is 5.60 Å². The molecule has 1 aliphatic heterocycles. The molecule has 2 aliphatic rings. The van der Waals surface area contributed by atoms with Gasteiger partial charge in [-0.1, -0.05) is 32.9 Å². The number of likely N-dealkylation sites (tertiary alicyclic amines) is 1. The predicted octanol–water partition coefficient (Wildman–Crippen LogP) is 6.94. The average molecular weight is 560 g/mol. The van der Waals surface area contributed by atoms with Gasteiger partial charge in [-0.05, 0) is 123 Å². The Bertz CT molecular complexity index is 1070. The van der Waals surface area contributed by atoms with Crippen molar-refractivity contribution in [3.63, 3.8) is 0 Å². The van der Waals surface area contributed by atoms with Crippen LogP contribution in [-0.4, -0.2) is 34.1 Å². The van der Waals surface area contributed by atoms with Gasteiger partial charge < -0.3 is 9.30 Å². The summed E-state index contributed by atoms with van der Waals surface area (Å²) in [5, 5.41) is 0. The number of aromatic nitrogens is 1. The molecule has 0 atom stereocenters. The van der Waals surface area contributed by atoms with Gasteiger partial charge in [-0.25, -0.2) is 4.79 Å². The molecule has 36 heavy (non-hydrogen) atoms. The molecule has 5 nitrogen and oxygen atoms in total. The lowest BCUT2D eigenvalue weighted by Crippen LogP contribution is -2.31. The summed E-state index contributed by atoms with van der Waals surface area (Å²) < 4.78 is 8.09.